The zero-order chi connectivity index (χ0) is 22.5. The van der Waals surface area contributed by atoms with E-state index in [0.29, 0.717) is 34.2 Å². The zero-order valence-electron chi connectivity index (χ0n) is 17.4. The third kappa shape index (κ3) is 6.06. The van der Waals surface area contributed by atoms with E-state index >= 15 is 0 Å². The van der Waals surface area contributed by atoms with E-state index in [-0.39, 0.29) is 12.7 Å². The molecule has 3 aromatic rings. The number of likely N-dealkylation sites (tertiary alicyclic amines) is 1. The van der Waals surface area contributed by atoms with Crippen LogP contribution in [0.4, 0.5) is 15.6 Å². The lowest BCUT2D eigenvalue weighted by Gasteiger charge is -2.31. The summed E-state index contributed by atoms with van der Waals surface area (Å²) in [6.45, 7) is 2.40. The molecule has 0 spiro atoms. The molecule has 1 aliphatic heterocycles. The van der Waals surface area contributed by atoms with Crippen molar-refractivity contribution in [3.05, 3.63) is 64.3 Å². The number of carbonyl (C=O) groups excluding carboxylic acids is 1. The number of anilines is 2. The van der Waals surface area contributed by atoms with Gasteiger partial charge in [0.2, 0.25) is 0 Å². The van der Waals surface area contributed by atoms with Gasteiger partial charge in [0.1, 0.15) is 6.61 Å². The highest BCUT2D eigenvalue weighted by molar-refractivity contribution is 7.18. The molecule has 1 aliphatic rings. The molecular weight excluding hydrogens is 467 g/mol. The fourth-order valence-corrected chi connectivity index (χ4v) is 4.95. The number of ether oxygens (including phenoxy) is 1. The lowest BCUT2D eigenvalue weighted by molar-refractivity contribution is 0.0832. The molecule has 0 bridgehead atoms. The third-order valence-corrected chi connectivity index (χ3v) is 6.76. The van der Waals surface area contributed by atoms with Gasteiger partial charge in [0.05, 0.1) is 4.88 Å². The van der Waals surface area contributed by atoms with Gasteiger partial charge >= 0.3 is 6.09 Å². The van der Waals surface area contributed by atoms with Gasteiger partial charge in [0, 0.05) is 41.6 Å². The van der Waals surface area contributed by atoms with Crippen LogP contribution in [0.5, 0.6) is 0 Å². The number of nitrogen functional groups attached to an aromatic ring is 1. The topological polar surface area (TPSA) is 80.5 Å². The van der Waals surface area contributed by atoms with Crippen molar-refractivity contribution in [3.63, 3.8) is 0 Å². The summed E-state index contributed by atoms with van der Waals surface area (Å²) in [5.41, 5.74) is 8.67. The van der Waals surface area contributed by atoms with Crippen LogP contribution in [0.25, 0.3) is 10.4 Å². The number of carbonyl (C=O) groups is 1. The van der Waals surface area contributed by atoms with Gasteiger partial charge in [-0.3, -0.25) is 0 Å². The molecule has 32 heavy (non-hydrogen) atoms. The van der Waals surface area contributed by atoms with Crippen LogP contribution in [0.3, 0.4) is 0 Å². The number of aromatic nitrogens is 1. The van der Waals surface area contributed by atoms with Gasteiger partial charge in [-0.2, -0.15) is 0 Å². The number of thiazole rings is 1. The normalized spacial score (nSPS) is 14.4. The van der Waals surface area contributed by atoms with Crippen LogP contribution in [0.15, 0.2) is 48.7 Å². The van der Waals surface area contributed by atoms with E-state index in [1.165, 1.54) is 11.3 Å². The Morgan fingerprint density at radius 2 is 1.84 bits per heavy atom. The summed E-state index contributed by atoms with van der Waals surface area (Å²) >= 11 is 13.5. The first-order valence-electron chi connectivity index (χ1n) is 10.4. The molecule has 0 saturated carbocycles. The Hall–Kier alpha value is -2.48. The summed E-state index contributed by atoms with van der Waals surface area (Å²) in [6.07, 6.45) is 3.37. The van der Waals surface area contributed by atoms with E-state index < -0.39 is 0 Å². The van der Waals surface area contributed by atoms with Gasteiger partial charge in [0.15, 0.2) is 5.13 Å². The minimum atomic E-state index is -0.299. The molecule has 1 saturated heterocycles. The van der Waals surface area contributed by atoms with Crippen LogP contribution in [-0.2, 0) is 11.3 Å². The first-order chi connectivity index (χ1) is 15.5. The minimum absolute atomic E-state index is 0.157. The van der Waals surface area contributed by atoms with Crippen molar-refractivity contribution in [3.8, 4) is 10.4 Å². The Morgan fingerprint density at radius 3 is 2.47 bits per heavy atom. The van der Waals surface area contributed by atoms with Crippen LogP contribution in [0, 0.1) is 5.92 Å². The van der Waals surface area contributed by atoms with Crippen molar-refractivity contribution in [1.82, 2.24) is 9.88 Å². The van der Waals surface area contributed by atoms with Crippen LogP contribution >= 0.6 is 34.5 Å². The van der Waals surface area contributed by atoms with Gasteiger partial charge < -0.3 is 20.7 Å². The van der Waals surface area contributed by atoms with Crippen LogP contribution < -0.4 is 11.1 Å². The fourth-order valence-electron chi connectivity index (χ4n) is 3.69. The number of nitrogens with two attached hydrogens (primary N) is 1. The maximum Gasteiger partial charge on any atom is 0.410 e. The van der Waals surface area contributed by atoms with E-state index in [1.54, 1.807) is 29.3 Å². The van der Waals surface area contributed by atoms with E-state index in [2.05, 4.69) is 34.6 Å². The molecule has 2 aromatic carbocycles. The predicted octanol–water partition coefficient (Wildman–Crippen LogP) is 6.16. The maximum absolute atomic E-state index is 12.4. The molecule has 0 radical (unpaired) electrons. The smallest absolute Gasteiger partial charge is 0.410 e. The van der Waals surface area contributed by atoms with Crippen molar-refractivity contribution < 1.29 is 9.53 Å². The molecule has 6 nitrogen and oxygen atoms in total. The number of amides is 1. The second kappa shape index (κ2) is 10.4. The molecule has 4 rings (SSSR count). The minimum Gasteiger partial charge on any atom is -0.445 e. The lowest BCUT2D eigenvalue weighted by Crippen LogP contribution is -2.40. The number of hydrogen-bond acceptors (Lipinski definition) is 6. The zero-order valence-corrected chi connectivity index (χ0v) is 19.7. The van der Waals surface area contributed by atoms with Crippen molar-refractivity contribution in [1.29, 1.82) is 0 Å². The second-order valence-corrected chi connectivity index (χ2v) is 9.72. The van der Waals surface area contributed by atoms with Crippen molar-refractivity contribution in [2.45, 2.75) is 19.4 Å². The average Bonchev–Trinajstić information content (AvgIpc) is 3.22. The van der Waals surface area contributed by atoms with Gasteiger partial charge in [-0.25, -0.2) is 9.78 Å². The molecule has 0 aliphatic carbocycles. The molecule has 1 fully saturated rings. The summed E-state index contributed by atoms with van der Waals surface area (Å²) in [4.78, 5) is 19.3. The Labute approximate surface area is 201 Å². The summed E-state index contributed by atoms with van der Waals surface area (Å²) in [7, 11) is 0. The van der Waals surface area contributed by atoms with Gasteiger partial charge in [-0.1, -0.05) is 46.7 Å². The van der Waals surface area contributed by atoms with Crippen molar-refractivity contribution in [2.24, 2.45) is 5.92 Å². The summed E-state index contributed by atoms with van der Waals surface area (Å²) in [5.74, 6) is 0.506. The van der Waals surface area contributed by atoms with Crippen molar-refractivity contribution >= 4 is 51.5 Å². The molecular formula is C23H24Cl2N4O2S. The van der Waals surface area contributed by atoms with E-state index in [1.807, 2.05) is 0 Å². The van der Waals surface area contributed by atoms with E-state index in [9.17, 15) is 4.79 Å². The molecule has 0 unspecified atom stereocenters. The molecule has 2 heterocycles. The molecule has 0 atom stereocenters. The highest BCUT2D eigenvalue weighted by Crippen LogP contribution is 2.28. The van der Waals surface area contributed by atoms with Crippen LogP contribution in [-0.4, -0.2) is 35.6 Å². The molecule has 3 N–H and O–H groups in total. The number of halogens is 2. The van der Waals surface area contributed by atoms with E-state index in [0.717, 1.165) is 41.1 Å². The predicted molar refractivity (Wildman–Crippen MR) is 131 cm³/mol. The molecule has 1 amide bonds. The van der Waals surface area contributed by atoms with Crippen molar-refractivity contribution in [2.75, 3.05) is 30.7 Å². The number of piperidine rings is 1. The second-order valence-electron chi connectivity index (χ2n) is 7.78. The van der Waals surface area contributed by atoms with Crippen LogP contribution in [0.2, 0.25) is 10.0 Å². The quantitative estimate of drug-likeness (QED) is 0.432. The number of nitrogens with one attached hydrogen (secondary N) is 1. The molecule has 9 heteroatoms. The summed E-state index contributed by atoms with van der Waals surface area (Å²) in [5, 5.41) is 5.13. The van der Waals surface area contributed by atoms with E-state index in [4.69, 9.17) is 33.7 Å². The Kier molecular flexibility index (Phi) is 7.40. The van der Waals surface area contributed by atoms with Gasteiger partial charge in [-0.05, 0) is 60.2 Å². The maximum atomic E-state index is 12.4. The Bertz CT molecular complexity index is 1050. The Morgan fingerprint density at radius 1 is 1.16 bits per heavy atom. The summed E-state index contributed by atoms with van der Waals surface area (Å²) in [6, 6.07) is 13.4. The highest BCUT2D eigenvalue weighted by Gasteiger charge is 2.23. The number of benzene rings is 2. The van der Waals surface area contributed by atoms with Crippen LogP contribution in [0.1, 0.15) is 18.4 Å². The third-order valence-electron chi connectivity index (χ3n) is 5.45. The SMILES string of the molecule is Nc1ncc(-c2ccc(NCC3CCN(C(=O)OCc4cc(Cl)cc(Cl)c4)CC3)cc2)s1. The average molecular weight is 491 g/mol. The first kappa shape index (κ1) is 22.7. The largest absolute Gasteiger partial charge is 0.445 e. The lowest BCUT2D eigenvalue weighted by atomic mass is 9.97. The number of rotatable bonds is 6. The standard InChI is InChI=1S/C23H24Cl2N4O2S/c24-18-9-16(10-19(25)11-18)14-31-23(30)29-7-5-15(6-8-29)12-27-20-3-1-17(2-4-20)21-13-28-22(26)32-21/h1-4,9-11,13,15,27H,5-8,12,14H2,(H2,26,28). The molecule has 1 aromatic heterocycles. The summed E-state index contributed by atoms with van der Waals surface area (Å²) < 4.78 is 5.43. The van der Waals surface area contributed by atoms with Gasteiger partial charge in [0.25, 0.3) is 0 Å². The number of nitrogens with zero attached hydrogens (tertiary/aromatic N) is 2. The molecule has 168 valence electrons. The Balaban J connectivity index is 1.19. The van der Waals surface area contributed by atoms with Gasteiger partial charge in [-0.15, -0.1) is 0 Å². The highest BCUT2D eigenvalue weighted by atomic mass is 35.5. The monoisotopic (exact) mass is 490 g/mol. The number of hydrogen-bond donors (Lipinski definition) is 2. The fraction of sp³-hybridized carbons (Fsp3) is 0.304. The first-order valence-corrected chi connectivity index (χ1v) is 12.0.